The van der Waals surface area contributed by atoms with Crippen LogP contribution in [0.25, 0.3) is 0 Å². The molecule has 4 nitrogen and oxygen atoms in total. The standard InChI is InChI=1S/C16H14F2N4/c17-12-3-4-15(18)11(8-12)9-14-2-1-7-22(14)16-20-6-5-13(10-19)21-16/h3-6,8,14H,1-2,7,9H2. The Bertz CT molecular complexity index is 726. The Balaban J connectivity index is 1.84. The largest absolute Gasteiger partial charge is 0.337 e. The smallest absolute Gasteiger partial charge is 0.226 e. The van der Waals surface area contributed by atoms with Gasteiger partial charge in [-0.1, -0.05) is 0 Å². The predicted molar refractivity (Wildman–Crippen MR) is 77.2 cm³/mol. The first-order valence-electron chi connectivity index (χ1n) is 7.11. The van der Waals surface area contributed by atoms with E-state index < -0.39 is 11.6 Å². The van der Waals surface area contributed by atoms with Gasteiger partial charge in [0.1, 0.15) is 23.4 Å². The van der Waals surface area contributed by atoms with Gasteiger partial charge < -0.3 is 4.90 Å². The lowest BCUT2D eigenvalue weighted by atomic mass is 10.0. The number of rotatable bonds is 3. The first-order chi connectivity index (χ1) is 10.7. The van der Waals surface area contributed by atoms with Gasteiger partial charge >= 0.3 is 0 Å². The molecule has 6 heteroatoms. The molecule has 1 aliphatic heterocycles. The van der Waals surface area contributed by atoms with Crippen LogP contribution in [0.1, 0.15) is 24.1 Å². The average molecular weight is 300 g/mol. The van der Waals surface area contributed by atoms with E-state index in [4.69, 9.17) is 5.26 Å². The molecule has 1 unspecified atom stereocenters. The van der Waals surface area contributed by atoms with Crippen molar-refractivity contribution in [3.8, 4) is 6.07 Å². The third-order valence-electron chi connectivity index (χ3n) is 3.85. The van der Waals surface area contributed by atoms with E-state index in [9.17, 15) is 8.78 Å². The van der Waals surface area contributed by atoms with Crippen LogP contribution >= 0.6 is 0 Å². The Morgan fingerprint density at radius 2 is 2.18 bits per heavy atom. The third kappa shape index (κ3) is 2.89. The second-order valence-electron chi connectivity index (χ2n) is 5.28. The van der Waals surface area contributed by atoms with Crippen LogP contribution in [0.15, 0.2) is 30.5 Å². The summed E-state index contributed by atoms with van der Waals surface area (Å²) in [5.41, 5.74) is 0.654. The zero-order valence-electron chi connectivity index (χ0n) is 11.8. The number of hydrogen-bond acceptors (Lipinski definition) is 4. The van der Waals surface area contributed by atoms with Gasteiger partial charge in [0.25, 0.3) is 0 Å². The molecule has 1 fully saturated rings. The van der Waals surface area contributed by atoms with E-state index in [-0.39, 0.29) is 6.04 Å². The van der Waals surface area contributed by atoms with Gasteiger partial charge in [-0.3, -0.25) is 0 Å². The first kappa shape index (κ1) is 14.4. The molecular formula is C16H14F2N4. The summed E-state index contributed by atoms with van der Waals surface area (Å²) >= 11 is 0. The molecule has 1 atom stereocenters. The van der Waals surface area contributed by atoms with Crippen molar-refractivity contribution in [1.82, 2.24) is 9.97 Å². The van der Waals surface area contributed by atoms with Crippen molar-refractivity contribution in [2.24, 2.45) is 0 Å². The number of benzene rings is 1. The van der Waals surface area contributed by atoms with Crippen LogP contribution in [0, 0.1) is 23.0 Å². The van der Waals surface area contributed by atoms with Gasteiger partial charge in [-0.2, -0.15) is 5.26 Å². The highest BCUT2D eigenvalue weighted by Gasteiger charge is 2.27. The van der Waals surface area contributed by atoms with Gasteiger partial charge in [-0.15, -0.1) is 0 Å². The maximum atomic E-state index is 13.8. The van der Waals surface area contributed by atoms with Crippen LogP contribution in [-0.2, 0) is 6.42 Å². The highest BCUT2D eigenvalue weighted by molar-refractivity contribution is 5.37. The van der Waals surface area contributed by atoms with Crippen LogP contribution in [0.2, 0.25) is 0 Å². The zero-order valence-corrected chi connectivity index (χ0v) is 11.8. The number of aromatic nitrogens is 2. The third-order valence-corrected chi connectivity index (χ3v) is 3.85. The molecule has 0 aliphatic carbocycles. The van der Waals surface area contributed by atoms with Crippen molar-refractivity contribution < 1.29 is 8.78 Å². The van der Waals surface area contributed by atoms with Crippen LogP contribution in [-0.4, -0.2) is 22.6 Å². The number of anilines is 1. The molecule has 1 aromatic heterocycles. The molecule has 0 amide bonds. The number of nitrogens with zero attached hydrogens (tertiary/aromatic N) is 4. The van der Waals surface area contributed by atoms with Crippen LogP contribution in [0.3, 0.4) is 0 Å². The van der Waals surface area contributed by atoms with Crippen molar-refractivity contribution >= 4 is 5.95 Å². The molecule has 0 N–H and O–H groups in total. The summed E-state index contributed by atoms with van der Waals surface area (Å²) in [6, 6.07) is 7.03. The molecule has 0 bridgehead atoms. The summed E-state index contributed by atoms with van der Waals surface area (Å²) in [6.45, 7) is 0.747. The van der Waals surface area contributed by atoms with Crippen molar-refractivity contribution in [3.63, 3.8) is 0 Å². The van der Waals surface area contributed by atoms with E-state index in [0.717, 1.165) is 31.5 Å². The minimum Gasteiger partial charge on any atom is -0.337 e. The summed E-state index contributed by atoms with van der Waals surface area (Å²) in [4.78, 5) is 10.4. The Morgan fingerprint density at radius 1 is 1.32 bits per heavy atom. The highest BCUT2D eigenvalue weighted by atomic mass is 19.1. The van der Waals surface area contributed by atoms with Gasteiger partial charge in [0, 0.05) is 18.8 Å². The molecule has 112 valence electrons. The summed E-state index contributed by atoms with van der Waals surface area (Å²) < 4.78 is 27.1. The molecule has 0 spiro atoms. The van der Waals surface area contributed by atoms with E-state index >= 15 is 0 Å². The minimum absolute atomic E-state index is 0.00485. The van der Waals surface area contributed by atoms with Gasteiger partial charge in [-0.25, -0.2) is 18.7 Å². The molecule has 3 rings (SSSR count). The van der Waals surface area contributed by atoms with Gasteiger partial charge in [-0.05, 0) is 49.1 Å². The van der Waals surface area contributed by atoms with Crippen molar-refractivity contribution in [2.45, 2.75) is 25.3 Å². The van der Waals surface area contributed by atoms with E-state index in [2.05, 4.69) is 9.97 Å². The quantitative estimate of drug-likeness (QED) is 0.874. The monoisotopic (exact) mass is 300 g/mol. The second-order valence-corrected chi connectivity index (χ2v) is 5.28. The molecule has 0 radical (unpaired) electrons. The highest BCUT2D eigenvalue weighted by Crippen LogP contribution is 2.26. The normalized spacial score (nSPS) is 17.5. The number of nitriles is 1. The van der Waals surface area contributed by atoms with Crippen molar-refractivity contribution in [3.05, 3.63) is 53.4 Å². The predicted octanol–water partition coefficient (Wildman–Crippen LogP) is 2.84. The average Bonchev–Trinajstić information content (AvgIpc) is 2.99. The van der Waals surface area contributed by atoms with Gasteiger partial charge in [0.15, 0.2) is 0 Å². The molecule has 2 heterocycles. The molecule has 2 aromatic rings. The Kier molecular flexibility index (Phi) is 3.96. The van der Waals surface area contributed by atoms with E-state index in [1.807, 2.05) is 11.0 Å². The molecular weight excluding hydrogens is 286 g/mol. The fourth-order valence-corrected chi connectivity index (χ4v) is 2.81. The fraction of sp³-hybridized carbons (Fsp3) is 0.312. The number of hydrogen-bond donors (Lipinski definition) is 0. The second kappa shape index (κ2) is 6.06. The fourth-order valence-electron chi connectivity index (χ4n) is 2.81. The minimum atomic E-state index is -0.441. The first-order valence-corrected chi connectivity index (χ1v) is 7.11. The maximum absolute atomic E-state index is 13.8. The Hall–Kier alpha value is -2.55. The van der Waals surface area contributed by atoms with Gasteiger partial charge in [0.05, 0.1) is 0 Å². The summed E-state index contributed by atoms with van der Waals surface area (Å²) in [7, 11) is 0. The molecule has 1 saturated heterocycles. The van der Waals surface area contributed by atoms with E-state index in [1.165, 1.54) is 6.07 Å². The maximum Gasteiger partial charge on any atom is 0.226 e. The SMILES string of the molecule is N#Cc1ccnc(N2CCCC2Cc2cc(F)ccc2F)n1. The van der Waals surface area contributed by atoms with E-state index in [1.54, 1.807) is 12.3 Å². The number of halogens is 2. The topological polar surface area (TPSA) is 52.8 Å². The Morgan fingerprint density at radius 3 is 3.00 bits per heavy atom. The van der Waals surface area contributed by atoms with Crippen molar-refractivity contribution in [1.29, 1.82) is 5.26 Å². The van der Waals surface area contributed by atoms with E-state index in [0.29, 0.717) is 23.6 Å². The van der Waals surface area contributed by atoms with Crippen molar-refractivity contribution in [2.75, 3.05) is 11.4 Å². The molecule has 1 aliphatic rings. The molecule has 22 heavy (non-hydrogen) atoms. The molecule has 1 aromatic carbocycles. The summed E-state index contributed by atoms with van der Waals surface area (Å²) in [6.07, 6.45) is 3.72. The van der Waals surface area contributed by atoms with Crippen LogP contribution in [0.5, 0.6) is 0 Å². The Labute approximate surface area is 127 Å². The molecule has 0 saturated carbocycles. The lowest BCUT2D eigenvalue weighted by Crippen LogP contribution is -2.32. The lowest BCUT2D eigenvalue weighted by molar-refractivity contribution is 0.564. The van der Waals surface area contributed by atoms with Gasteiger partial charge in [0.2, 0.25) is 5.95 Å². The summed E-state index contributed by atoms with van der Waals surface area (Å²) in [5.74, 6) is -0.373. The van der Waals surface area contributed by atoms with Crippen LogP contribution in [0.4, 0.5) is 14.7 Å². The van der Waals surface area contributed by atoms with Crippen LogP contribution < -0.4 is 4.90 Å². The summed E-state index contributed by atoms with van der Waals surface area (Å²) in [5, 5.41) is 8.92. The lowest BCUT2D eigenvalue weighted by Gasteiger charge is -2.24. The zero-order chi connectivity index (χ0) is 15.5.